The van der Waals surface area contributed by atoms with Crippen LogP contribution in [0.25, 0.3) is 33.0 Å². The van der Waals surface area contributed by atoms with E-state index in [1.807, 2.05) is 29.2 Å². The molecule has 5 aromatic rings. The fourth-order valence-corrected chi connectivity index (χ4v) is 11.3. The summed E-state index contributed by atoms with van der Waals surface area (Å²) >= 11 is 0. The third-order valence-electron chi connectivity index (χ3n) is 16.3. The highest BCUT2D eigenvalue weighted by Crippen LogP contribution is 2.49. The molecule has 20 nitrogen and oxygen atoms in total. The van der Waals surface area contributed by atoms with Crippen molar-refractivity contribution in [1.82, 2.24) is 19.7 Å². The van der Waals surface area contributed by atoms with Crippen LogP contribution in [-0.4, -0.2) is 155 Å². The SMILES string of the molecule is CO[C@H]1/C=C/O[C@@]2(C)Oc3c(C)c(=O)c4c(O)c(c5oc6cccc(OCc7ccc(CN8CCN(C(=O)CN9CCOCC9)CC8)cc7)c6nc5c4c3C2=O)NC(=O)/C(C)=C\C=C\[C@H](C)[C@H](O)[C@@H](C)[C@@H](O)[C@@H](C)[C@H](OC(C)=O)[C@@H]1C. The van der Waals surface area contributed by atoms with Crippen molar-refractivity contribution >= 4 is 62.2 Å². The van der Waals surface area contributed by atoms with Gasteiger partial charge in [0.25, 0.3) is 11.7 Å². The first-order chi connectivity index (χ1) is 38.7. The number of piperazine rings is 1. The molecule has 4 aliphatic heterocycles. The number of carbonyl (C=O) groups is 4. The van der Waals surface area contributed by atoms with Crippen LogP contribution in [-0.2, 0) is 46.5 Å². The number of phenolic OH excluding ortho intramolecular Hbond substituents is 1. The Morgan fingerprint density at radius 1 is 0.852 bits per heavy atom. The normalized spacial score (nSPS) is 27.8. The number of fused-ring (bicyclic) bond motifs is 2. The number of methoxy groups -OCH3 is 1. The molecule has 4 N–H and O–H groups in total. The number of carbonyl (C=O) groups excluding carboxylic acids is 4. The van der Waals surface area contributed by atoms with Crippen molar-refractivity contribution in [2.45, 2.75) is 98.7 Å². The van der Waals surface area contributed by atoms with Gasteiger partial charge in [0.05, 0.1) is 55.3 Å². The van der Waals surface area contributed by atoms with E-state index in [0.717, 1.165) is 43.9 Å². The van der Waals surface area contributed by atoms with E-state index >= 15 is 4.79 Å². The molecule has 0 unspecified atom stereocenters. The van der Waals surface area contributed by atoms with E-state index in [1.165, 1.54) is 53.2 Å². The van der Waals surface area contributed by atoms with Crippen LogP contribution >= 0.6 is 0 Å². The number of ether oxygens (including phenoxy) is 6. The predicted molar refractivity (Wildman–Crippen MR) is 302 cm³/mol. The Labute approximate surface area is 469 Å². The smallest absolute Gasteiger partial charge is 0.312 e. The number of hydrogen-bond donors (Lipinski definition) is 4. The van der Waals surface area contributed by atoms with Gasteiger partial charge < -0.3 is 58.4 Å². The highest BCUT2D eigenvalue weighted by Gasteiger charge is 2.50. The number of morpholine rings is 1. The average molecular weight is 1120 g/mol. The highest BCUT2D eigenvalue weighted by atomic mass is 16.7. The monoisotopic (exact) mass is 1120 g/mol. The number of nitrogens with zero attached hydrogens (tertiary/aromatic N) is 4. The molecule has 4 aromatic carbocycles. The number of ketones is 1. The van der Waals surface area contributed by atoms with Crippen molar-refractivity contribution in [2.24, 2.45) is 23.7 Å². The number of nitrogens with one attached hydrogen (secondary N) is 1. The van der Waals surface area contributed by atoms with E-state index in [0.29, 0.717) is 38.6 Å². The second-order valence-corrected chi connectivity index (χ2v) is 22.0. The first-order valence-corrected chi connectivity index (χ1v) is 27.6. The van der Waals surface area contributed by atoms with Gasteiger partial charge in [-0.1, -0.05) is 76.3 Å². The maximum Gasteiger partial charge on any atom is 0.312 e. The Hall–Kier alpha value is -7.20. The van der Waals surface area contributed by atoms with Crippen LogP contribution in [0.15, 0.2) is 87.8 Å². The van der Waals surface area contributed by atoms with Crippen LogP contribution in [0, 0.1) is 30.6 Å². The zero-order valence-electron chi connectivity index (χ0n) is 47.4. The third-order valence-corrected chi connectivity index (χ3v) is 16.3. The lowest BCUT2D eigenvalue weighted by Crippen LogP contribution is -2.51. The van der Waals surface area contributed by atoms with Crippen molar-refractivity contribution < 1.29 is 67.3 Å². The lowest BCUT2D eigenvalue weighted by Gasteiger charge is -2.38. The minimum absolute atomic E-state index is 0.0338. The Morgan fingerprint density at radius 3 is 2.25 bits per heavy atom. The number of Topliss-reactive ketones (excluding diaryl/α,β-unsaturated/α-hetero) is 1. The molecule has 0 aliphatic carbocycles. The van der Waals surface area contributed by atoms with Crippen molar-refractivity contribution in [2.75, 3.05) is 71.5 Å². The van der Waals surface area contributed by atoms with Gasteiger partial charge in [-0.05, 0) is 43.2 Å². The highest BCUT2D eigenvalue weighted by molar-refractivity contribution is 6.26. The number of amides is 2. The summed E-state index contributed by atoms with van der Waals surface area (Å²) in [6, 6.07) is 13.1. The number of aliphatic hydroxyl groups excluding tert-OH is 2. The van der Waals surface area contributed by atoms with E-state index in [-0.39, 0.29) is 73.6 Å². The number of para-hydroxylation sites is 1. The van der Waals surface area contributed by atoms with Crippen LogP contribution in [0.2, 0.25) is 0 Å². The molecular formula is C61H73N5O15. The molecule has 0 spiro atoms. The minimum atomic E-state index is -2.10. The van der Waals surface area contributed by atoms with Gasteiger partial charge in [0, 0.05) is 107 Å². The fraction of sp³-hybridized carbons (Fsp3) is 0.475. The zero-order chi connectivity index (χ0) is 58.0. The number of hydrogen-bond acceptors (Lipinski definition) is 18. The molecule has 432 valence electrons. The molecule has 5 heterocycles. The maximum absolute atomic E-state index is 15.0. The van der Waals surface area contributed by atoms with E-state index in [4.69, 9.17) is 37.8 Å². The number of aliphatic hydroxyl groups is 2. The number of aromatic nitrogens is 1. The molecule has 0 radical (unpaired) electrons. The summed E-state index contributed by atoms with van der Waals surface area (Å²) in [6.45, 7) is 19.5. The van der Waals surface area contributed by atoms with Gasteiger partial charge >= 0.3 is 11.8 Å². The van der Waals surface area contributed by atoms with Gasteiger partial charge in [0.2, 0.25) is 5.91 Å². The van der Waals surface area contributed by atoms with Crippen LogP contribution in [0.4, 0.5) is 5.69 Å². The molecule has 2 fully saturated rings. The van der Waals surface area contributed by atoms with Crippen molar-refractivity contribution in [3.05, 3.63) is 111 Å². The summed E-state index contributed by atoms with van der Waals surface area (Å²) in [5.74, 6) is -7.06. The van der Waals surface area contributed by atoms with Crippen molar-refractivity contribution in [1.29, 1.82) is 0 Å². The van der Waals surface area contributed by atoms with Gasteiger partial charge in [0.1, 0.15) is 40.9 Å². The minimum Gasteiger partial charge on any atom is -0.505 e. The van der Waals surface area contributed by atoms with Gasteiger partial charge in [0.15, 0.2) is 22.3 Å². The Balaban J connectivity index is 1.06. The Bertz CT molecular complexity index is 3360. The molecule has 2 amide bonds. The summed E-state index contributed by atoms with van der Waals surface area (Å²) < 4.78 is 42.6. The van der Waals surface area contributed by atoms with Crippen molar-refractivity contribution in [3.63, 3.8) is 0 Å². The van der Waals surface area contributed by atoms with Crippen LogP contribution < -0.4 is 20.2 Å². The Morgan fingerprint density at radius 2 is 1.56 bits per heavy atom. The summed E-state index contributed by atoms with van der Waals surface area (Å²) in [6.07, 6.45) is 3.51. The molecule has 2 saturated heterocycles. The first kappa shape index (κ1) is 58.5. The van der Waals surface area contributed by atoms with E-state index in [1.54, 1.807) is 58.0 Å². The van der Waals surface area contributed by atoms with E-state index in [9.17, 15) is 34.5 Å². The molecule has 9 rings (SSSR count). The van der Waals surface area contributed by atoms with Gasteiger partial charge in [-0.2, -0.15) is 0 Å². The molecule has 4 bridgehead atoms. The largest absolute Gasteiger partial charge is 0.505 e. The standard InChI is InChI=1S/C61H73N5O15/c1-33-12-10-13-34(2)60(74)63-51-55(72)47-46(48-57(38(6)54(47)71)81-61(8,59(48)73)78-27-20-42(75-9)35(3)56(79-39(7)67)37(5)53(70)36(4)52(33)69)50-58(51)80-44-15-11-14-43(49(44)62-50)77-32-41-18-16-40(17-19-41)30-64-21-23-66(24-22-64)45(68)31-65-25-28-76-29-26-65/h10-20,27,33,35-37,42,52-53,56,69-70,72H,21-26,28-32H2,1-9H3,(H,63,74)/b12-10+,27-20+,34-13-/t33-,35+,36+,37+,42-,52-,53+,56+,61-/m0/s1. The fourth-order valence-electron chi connectivity index (χ4n) is 11.3. The number of phenols is 1. The van der Waals surface area contributed by atoms with Crippen LogP contribution in [0.1, 0.15) is 75.5 Å². The molecule has 20 heteroatoms. The summed E-state index contributed by atoms with van der Waals surface area (Å²) in [7, 11) is 1.44. The lowest BCUT2D eigenvalue weighted by molar-refractivity contribution is -0.160. The van der Waals surface area contributed by atoms with Gasteiger partial charge in [-0.25, -0.2) is 4.98 Å². The zero-order valence-corrected chi connectivity index (χ0v) is 47.4. The number of rotatable bonds is 9. The first-order valence-electron chi connectivity index (χ1n) is 27.6. The third kappa shape index (κ3) is 12.1. The van der Waals surface area contributed by atoms with E-state index in [2.05, 4.69) is 15.1 Å². The van der Waals surface area contributed by atoms with E-state index < -0.39 is 82.7 Å². The molecule has 9 atom stereocenters. The second-order valence-electron chi connectivity index (χ2n) is 22.0. The summed E-state index contributed by atoms with van der Waals surface area (Å²) in [5.41, 5.74) is 1.09. The molecule has 4 aliphatic rings. The van der Waals surface area contributed by atoms with Gasteiger partial charge in [-0.3, -0.25) is 33.8 Å². The molecule has 0 saturated carbocycles. The molecular weight excluding hydrogens is 1040 g/mol. The summed E-state index contributed by atoms with van der Waals surface area (Å²) in [4.78, 5) is 80.8. The predicted octanol–water partition coefficient (Wildman–Crippen LogP) is 6.55. The quantitative estimate of drug-likeness (QED) is 0.0528. The summed E-state index contributed by atoms with van der Waals surface area (Å²) in [5, 5.41) is 37.7. The number of aromatic hydroxyl groups is 1. The molecule has 81 heavy (non-hydrogen) atoms. The Kier molecular flexibility index (Phi) is 17.7. The second kappa shape index (κ2) is 24.5. The van der Waals surface area contributed by atoms with Crippen LogP contribution in [0.3, 0.4) is 0 Å². The lowest BCUT2D eigenvalue weighted by atomic mass is 9.78. The number of allylic oxidation sites excluding steroid dienone is 2. The number of anilines is 1. The topological polar surface area (TPSA) is 249 Å². The number of benzene rings is 4. The molecule has 1 aromatic heterocycles. The van der Waals surface area contributed by atoms with Crippen molar-refractivity contribution in [3.8, 4) is 17.2 Å². The average Bonchev–Trinajstić information content (AvgIpc) is 3.85. The number of esters is 1. The maximum atomic E-state index is 15.0. The van der Waals surface area contributed by atoms with Crippen LogP contribution in [0.5, 0.6) is 17.2 Å². The van der Waals surface area contributed by atoms with Gasteiger partial charge in [-0.15, -0.1) is 0 Å².